The highest BCUT2D eigenvalue weighted by Gasteiger charge is 2.21. The first-order valence-corrected chi connectivity index (χ1v) is 9.96. The lowest BCUT2D eigenvalue weighted by Gasteiger charge is -2.12. The Morgan fingerprint density at radius 3 is 2.41 bits per heavy atom. The van der Waals surface area contributed by atoms with Gasteiger partial charge in [0, 0.05) is 11.1 Å². The molecule has 0 saturated carbocycles. The monoisotopic (exact) mass is 421 g/mol. The molecule has 0 spiro atoms. The molecule has 1 heterocycles. The van der Waals surface area contributed by atoms with Gasteiger partial charge in [-0.3, -0.25) is 9.59 Å². The largest absolute Gasteiger partial charge is 0.496 e. The van der Waals surface area contributed by atoms with Crippen molar-refractivity contribution in [3.8, 4) is 23.1 Å². The number of benzene rings is 3. The Hall–Kier alpha value is -4.43. The summed E-state index contributed by atoms with van der Waals surface area (Å²) in [7, 11) is 1.46. The Balaban J connectivity index is 1.88. The Labute approximate surface area is 184 Å². The van der Waals surface area contributed by atoms with E-state index in [2.05, 4.69) is 6.07 Å². The maximum Gasteiger partial charge on any atom is 0.196 e. The summed E-state index contributed by atoms with van der Waals surface area (Å²) in [6, 6.07) is 21.4. The van der Waals surface area contributed by atoms with Gasteiger partial charge in [0.15, 0.2) is 16.8 Å². The highest BCUT2D eigenvalue weighted by molar-refractivity contribution is 6.15. The van der Waals surface area contributed by atoms with E-state index in [0.29, 0.717) is 28.0 Å². The van der Waals surface area contributed by atoms with E-state index < -0.39 is 0 Å². The fraction of sp³-hybridized carbons (Fsp3) is 0.0741. The van der Waals surface area contributed by atoms with E-state index in [1.54, 1.807) is 49.4 Å². The van der Waals surface area contributed by atoms with Gasteiger partial charge in [0.2, 0.25) is 0 Å². The van der Waals surface area contributed by atoms with Gasteiger partial charge in [-0.15, -0.1) is 0 Å². The summed E-state index contributed by atoms with van der Waals surface area (Å²) in [5, 5.41) is 9.25. The van der Waals surface area contributed by atoms with Gasteiger partial charge in [-0.2, -0.15) is 5.26 Å². The van der Waals surface area contributed by atoms with Crippen molar-refractivity contribution in [2.75, 3.05) is 7.11 Å². The number of methoxy groups -OCH3 is 1. The average Bonchev–Trinajstić information content (AvgIpc) is 2.84. The lowest BCUT2D eigenvalue weighted by molar-refractivity contribution is 0.104. The van der Waals surface area contributed by atoms with Crippen molar-refractivity contribution in [3.05, 3.63) is 105 Å². The molecule has 1 aromatic heterocycles. The van der Waals surface area contributed by atoms with E-state index in [4.69, 9.17) is 14.4 Å². The summed E-state index contributed by atoms with van der Waals surface area (Å²) in [4.78, 5) is 26.3. The van der Waals surface area contributed by atoms with Crippen LogP contribution in [0.1, 0.15) is 27.0 Å². The summed E-state index contributed by atoms with van der Waals surface area (Å²) >= 11 is 0. The molecular weight excluding hydrogens is 402 g/mol. The Kier molecular flexibility index (Phi) is 5.69. The predicted molar refractivity (Wildman–Crippen MR) is 124 cm³/mol. The number of nitrogens with zero attached hydrogens (tertiary/aromatic N) is 1. The van der Waals surface area contributed by atoms with Gasteiger partial charge >= 0.3 is 0 Å². The molecule has 0 N–H and O–H groups in total. The molecule has 0 saturated heterocycles. The van der Waals surface area contributed by atoms with E-state index in [9.17, 15) is 9.59 Å². The van der Waals surface area contributed by atoms with E-state index in [1.807, 2.05) is 30.3 Å². The maximum absolute atomic E-state index is 13.2. The molecule has 3 aromatic carbocycles. The number of hydrogen-bond acceptors (Lipinski definition) is 5. The summed E-state index contributed by atoms with van der Waals surface area (Å²) in [5.41, 5.74) is 2.70. The van der Waals surface area contributed by atoms with Crippen LogP contribution in [0.25, 0.3) is 28.4 Å². The number of fused-ring (bicyclic) bond motifs is 1. The molecule has 0 aliphatic rings. The smallest absolute Gasteiger partial charge is 0.196 e. The quantitative estimate of drug-likeness (QED) is 0.312. The maximum atomic E-state index is 13.2. The van der Waals surface area contributed by atoms with Crippen molar-refractivity contribution in [2.45, 2.75) is 6.92 Å². The first kappa shape index (κ1) is 20.8. The van der Waals surface area contributed by atoms with Crippen molar-refractivity contribution >= 4 is 22.8 Å². The number of carbonyl (C=O) groups is 1. The molecule has 0 atom stereocenters. The van der Waals surface area contributed by atoms with Gasteiger partial charge in [-0.1, -0.05) is 48.5 Å². The minimum atomic E-state index is -0.358. The molecule has 0 aliphatic heterocycles. The number of allylic oxidation sites excluding steroid dienone is 1. The third kappa shape index (κ3) is 3.82. The van der Waals surface area contributed by atoms with Crippen LogP contribution in [0, 0.1) is 18.3 Å². The second-order valence-electron chi connectivity index (χ2n) is 7.20. The topological polar surface area (TPSA) is 80.3 Å². The number of ketones is 1. The van der Waals surface area contributed by atoms with Crippen LogP contribution in [-0.2, 0) is 0 Å². The highest BCUT2D eigenvalue weighted by Crippen LogP contribution is 2.32. The predicted octanol–water partition coefficient (Wildman–Crippen LogP) is 5.54. The third-order valence-electron chi connectivity index (χ3n) is 5.22. The zero-order chi connectivity index (χ0) is 22.7. The molecule has 0 unspecified atom stereocenters. The molecule has 0 bridgehead atoms. The zero-order valence-electron chi connectivity index (χ0n) is 17.6. The molecule has 0 radical (unpaired) electrons. The highest BCUT2D eigenvalue weighted by atomic mass is 16.5. The summed E-state index contributed by atoms with van der Waals surface area (Å²) in [6.45, 7) is 1.71. The normalized spacial score (nSPS) is 10.9. The number of hydrogen-bond donors (Lipinski definition) is 0. The number of carbonyl (C=O) groups excluding carboxylic acids is 1. The lowest BCUT2D eigenvalue weighted by Crippen LogP contribution is -2.10. The van der Waals surface area contributed by atoms with E-state index in [-0.39, 0.29) is 22.4 Å². The van der Waals surface area contributed by atoms with Gasteiger partial charge in [0.1, 0.15) is 17.1 Å². The van der Waals surface area contributed by atoms with Crippen molar-refractivity contribution in [1.82, 2.24) is 0 Å². The van der Waals surface area contributed by atoms with E-state index in [0.717, 1.165) is 11.1 Å². The first-order valence-electron chi connectivity index (χ1n) is 9.96. The molecule has 0 amide bonds. The summed E-state index contributed by atoms with van der Waals surface area (Å²) < 4.78 is 11.6. The van der Waals surface area contributed by atoms with Crippen LogP contribution in [-0.4, -0.2) is 12.9 Å². The fourth-order valence-electron chi connectivity index (χ4n) is 3.53. The SMILES string of the molecule is COc1ccc2c(=O)c(C)c(-c3ccccc3)oc2c1C(=O)/C=C/c1ccc(C#N)cc1. The van der Waals surface area contributed by atoms with Gasteiger partial charge in [0.05, 0.1) is 24.1 Å². The van der Waals surface area contributed by atoms with Gasteiger partial charge in [0.25, 0.3) is 0 Å². The van der Waals surface area contributed by atoms with Crippen molar-refractivity contribution in [2.24, 2.45) is 0 Å². The Morgan fingerprint density at radius 1 is 1.03 bits per heavy atom. The van der Waals surface area contributed by atoms with Crippen LogP contribution in [0.3, 0.4) is 0 Å². The minimum absolute atomic E-state index is 0.184. The summed E-state index contributed by atoms with van der Waals surface area (Å²) in [6.07, 6.45) is 3.05. The molecule has 0 aliphatic carbocycles. The molecular formula is C27H19NO4. The fourth-order valence-corrected chi connectivity index (χ4v) is 3.53. The zero-order valence-corrected chi connectivity index (χ0v) is 17.6. The van der Waals surface area contributed by atoms with Crippen LogP contribution in [0.15, 0.2) is 82.0 Å². The van der Waals surface area contributed by atoms with Gasteiger partial charge in [-0.25, -0.2) is 0 Å². The van der Waals surface area contributed by atoms with Crippen LogP contribution >= 0.6 is 0 Å². The second kappa shape index (κ2) is 8.75. The molecule has 4 aromatic rings. The standard InChI is InChI=1S/C27H19NO4/c1-17-25(30)21-13-15-23(31-2)24(27(21)32-26(17)20-6-4-3-5-7-20)22(29)14-12-18-8-10-19(16-28)11-9-18/h3-15H,1-2H3/b14-12+. The lowest BCUT2D eigenvalue weighted by atomic mass is 10.0. The van der Waals surface area contributed by atoms with Crippen LogP contribution in [0.4, 0.5) is 0 Å². The van der Waals surface area contributed by atoms with Crippen molar-refractivity contribution < 1.29 is 13.9 Å². The average molecular weight is 421 g/mol. The molecule has 5 heteroatoms. The number of rotatable bonds is 5. The number of nitriles is 1. The van der Waals surface area contributed by atoms with Crippen LogP contribution in [0.5, 0.6) is 5.75 Å². The first-order chi connectivity index (χ1) is 15.5. The van der Waals surface area contributed by atoms with Gasteiger partial charge in [-0.05, 0) is 42.8 Å². The second-order valence-corrected chi connectivity index (χ2v) is 7.20. The van der Waals surface area contributed by atoms with Crippen LogP contribution in [0.2, 0.25) is 0 Å². The van der Waals surface area contributed by atoms with Crippen molar-refractivity contribution in [3.63, 3.8) is 0 Å². The molecule has 0 fully saturated rings. The Morgan fingerprint density at radius 2 is 1.75 bits per heavy atom. The van der Waals surface area contributed by atoms with Crippen LogP contribution < -0.4 is 10.2 Å². The Bertz CT molecular complexity index is 1440. The third-order valence-corrected chi connectivity index (χ3v) is 5.22. The summed E-state index contributed by atoms with van der Waals surface area (Å²) in [5.74, 6) is 0.377. The van der Waals surface area contributed by atoms with Gasteiger partial charge < -0.3 is 9.15 Å². The molecule has 4 rings (SSSR count). The minimum Gasteiger partial charge on any atom is -0.496 e. The number of ether oxygens (including phenoxy) is 1. The molecule has 5 nitrogen and oxygen atoms in total. The molecule has 156 valence electrons. The van der Waals surface area contributed by atoms with Crippen molar-refractivity contribution in [1.29, 1.82) is 5.26 Å². The van der Waals surface area contributed by atoms with E-state index in [1.165, 1.54) is 13.2 Å². The van der Waals surface area contributed by atoms with E-state index >= 15 is 0 Å². The molecule has 32 heavy (non-hydrogen) atoms.